The number of aliphatic hydroxyl groups excluding tert-OH is 2. The number of allylic oxidation sites excluding steroid dienone is 24. The normalized spacial score (nSPS) is 14.4. The van der Waals surface area contributed by atoms with Crippen molar-refractivity contribution in [1.29, 1.82) is 0 Å². The minimum atomic E-state index is -0.831. The van der Waals surface area contributed by atoms with Crippen LogP contribution in [0.3, 0.4) is 0 Å². The summed E-state index contributed by atoms with van der Waals surface area (Å²) in [5.74, 6) is -0.666. The van der Waals surface area contributed by atoms with Gasteiger partial charge in [-0.15, -0.1) is 0 Å². The Labute approximate surface area is 405 Å². The molecule has 6 nitrogen and oxygen atoms in total. The minimum absolute atomic E-state index is 0.0143. The lowest BCUT2D eigenvalue weighted by Crippen LogP contribution is -2.46. The van der Waals surface area contributed by atoms with Crippen LogP contribution >= 0.6 is 0 Å². The van der Waals surface area contributed by atoms with Crippen molar-refractivity contribution in [3.63, 3.8) is 0 Å². The van der Waals surface area contributed by atoms with E-state index in [0.29, 0.717) is 19.3 Å². The number of unbranched alkanes of at least 4 members (excludes halogenated alkanes) is 13. The van der Waals surface area contributed by atoms with Crippen LogP contribution < -0.4 is 5.32 Å². The van der Waals surface area contributed by atoms with Gasteiger partial charge in [0.05, 0.1) is 25.2 Å². The van der Waals surface area contributed by atoms with Crippen LogP contribution in [-0.4, -0.2) is 46.9 Å². The van der Waals surface area contributed by atoms with E-state index in [0.717, 1.165) is 77.0 Å². The van der Waals surface area contributed by atoms with Crippen molar-refractivity contribution in [1.82, 2.24) is 5.32 Å². The molecule has 0 aromatic carbocycles. The molecule has 0 heterocycles. The topological polar surface area (TPSA) is 95.9 Å². The van der Waals surface area contributed by atoms with Crippen molar-refractivity contribution in [2.24, 2.45) is 0 Å². The second-order valence-electron chi connectivity index (χ2n) is 17.0. The number of carbonyl (C=O) groups excluding carboxylic acids is 2. The molecular formula is C60H95NO5. The molecule has 6 heteroatoms. The van der Waals surface area contributed by atoms with Crippen molar-refractivity contribution in [2.75, 3.05) is 6.61 Å². The van der Waals surface area contributed by atoms with Gasteiger partial charge in [0.15, 0.2) is 0 Å². The van der Waals surface area contributed by atoms with Gasteiger partial charge in [0.25, 0.3) is 0 Å². The standard InChI is InChI=1S/C60H95NO5/c1-4-7-10-13-16-19-22-25-27-28-29-30-32-35-38-41-44-47-50-53-60(65)66-56(51-48-45-42-39-36-34-31-26-23-20-17-14-11-8-5-2)54-59(64)61-57(55-62)58(63)52-49-46-43-40-37-33-24-21-18-15-12-9-6-3/h7-8,10-11,14,16-17,19-20,23,25-27,29-31,34-36,38-39,42,44,47,56-58,62-63H,4-6,9,12-13,15,18,21-22,24,28,32-33,37,40-41,43,45-46,48-55H2,1-3H3,(H,61,64)/b10-7-,11-8-,17-14+,19-16-,23-20+,27-25-,30-29-,31-26-,36-34+,38-35-,42-39+,47-44-. The number of carbonyl (C=O) groups is 2. The summed E-state index contributed by atoms with van der Waals surface area (Å²) >= 11 is 0. The fraction of sp³-hybridized carbons (Fsp3) is 0.567. The molecule has 0 radical (unpaired) electrons. The van der Waals surface area contributed by atoms with Crippen LogP contribution in [0.4, 0.5) is 0 Å². The molecule has 0 saturated heterocycles. The Morgan fingerprint density at radius 2 is 0.894 bits per heavy atom. The van der Waals surface area contributed by atoms with E-state index in [1.54, 1.807) is 0 Å². The molecule has 3 unspecified atom stereocenters. The van der Waals surface area contributed by atoms with E-state index in [1.807, 2.05) is 66.8 Å². The second-order valence-corrected chi connectivity index (χ2v) is 17.0. The lowest BCUT2D eigenvalue weighted by Gasteiger charge is -2.24. The molecule has 0 aliphatic rings. The minimum Gasteiger partial charge on any atom is -0.462 e. The average Bonchev–Trinajstić information content (AvgIpc) is 3.31. The van der Waals surface area contributed by atoms with Gasteiger partial charge in [0, 0.05) is 6.42 Å². The largest absolute Gasteiger partial charge is 0.462 e. The van der Waals surface area contributed by atoms with E-state index in [2.05, 4.69) is 105 Å². The van der Waals surface area contributed by atoms with Gasteiger partial charge in [0.1, 0.15) is 6.10 Å². The molecule has 3 atom stereocenters. The number of nitrogens with one attached hydrogen (secondary N) is 1. The molecule has 0 bridgehead atoms. The van der Waals surface area contributed by atoms with Crippen molar-refractivity contribution in [3.05, 3.63) is 146 Å². The average molecular weight is 910 g/mol. The Bertz CT molecular complexity index is 1490. The fourth-order valence-electron chi connectivity index (χ4n) is 6.96. The lowest BCUT2D eigenvalue weighted by atomic mass is 10.0. The van der Waals surface area contributed by atoms with Crippen LogP contribution in [0.1, 0.15) is 194 Å². The fourth-order valence-corrected chi connectivity index (χ4v) is 6.96. The van der Waals surface area contributed by atoms with Crippen LogP contribution in [0.25, 0.3) is 0 Å². The Kier molecular flexibility index (Phi) is 48.4. The molecule has 0 rings (SSSR count). The number of amides is 1. The lowest BCUT2D eigenvalue weighted by molar-refractivity contribution is -0.150. The number of hydrogen-bond donors (Lipinski definition) is 3. The molecule has 0 saturated carbocycles. The Balaban J connectivity index is 4.87. The maximum atomic E-state index is 13.2. The first kappa shape index (κ1) is 61.7. The van der Waals surface area contributed by atoms with Gasteiger partial charge in [-0.1, -0.05) is 250 Å². The highest BCUT2D eigenvalue weighted by atomic mass is 16.5. The highest BCUT2D eigenvalue weighted by Gasteiger charge is 2.23. The Morgan fingerprint density at radius 1 is 0.470 bits per heavy atom. The van der Waals surface area contributed by atoms with Gasteiger partial charge >= 0.3 is 5.97 Å². The predicted octanol–water partition coefficient (Wildman–Crippen LogP) is 16.0. The Morgan fingerprint density at radius 3 is 1.36 bits per heavy atom. The zero-order chi connectivity index (χ0) is 48.1. The highest BCUT2D eigenvalue weighted by Crippen LogP contribution is 2.16. The first-order valence-corrected chi connectivity index (χ1v) is 26.1. The van der Waals surface area contributed by atoms with Gasteiger partial charge in [-0.05, 0) is 77.0 Å². The van der Waals surface area contributed by atoms with Crippen LogP contribution in [0, 0.1) is 0 Å². The van der Waals surface area contributed by atoms with Crippen LogP contribution in [-0.2, 0) is 14.3 Å². The van der Waals surface area contributed by atoms with E-state index < -0.39 is 18.2 Å². The first-order valence-electron chi connectivity index (χ1n) is 26.1. The second kappa shape index (κ2) is 51.7. The molecule has 0 spiro atoms. The maximum absolute atomic E-state index is 13.2. The molecule has 0 aromatic rings. The van der Waals surface area contributed by atoms with Gasteiger partial charge in [-0.3, -0.25) is 9.59 Å². The molecule has 0 fully saturated rings. The van der Waals surface area contributed by atoms with E-state index in [1.165, 1.54) is 64.2 Å². The summed E-state index contributed by atoms with van der Waals surface area (Å²) in [6.45, 7) is 6.17. The summed E-state index contributed by atoms with van der Waals surface area (Å²) in [5, 5.41) is 23.7. The van der Waals surface area contributed by atoms with Gasteiger partial charge in [-0.2, -0.15) is 0 Å². The van der Waals surface area contributed by atoms with Crippen LogP contribution in [0.15, 0.2) is 146 Å². The van der Waals surface area contributed by atoms with E-state index >= 15 is 0 Å². The molecule has 1 amide bonds. The maximum Gasteiger partial charge on any atom is 0.306 e. The van der Waals surface area contributed by atoms with Gasteiger partial charge in [0.2, 0.25) is 5.91 Å². The van der Waals surface area contributed by atoms with Crippen LogP contribution in [0.2, 0.25) is 0 Å². The molecule has 0 aliphatic carbocycles. The summed E-state index contributed by atoms with van der Waals surface area (Å²) in [5.41, 5.74) is 0. The van der Waals surface area contributed by atoms with E-state index in [9.17, 15) is 19.8 Å². The molecular weight excluding hydrogens is 815 g/mol. The van der Waals surface area contributed by atoms with E-state index in [4.69, 9.17) is 4.74 Å². The number of hydrogen-bond acceptors (Lipinski definition) is 5. The van der Waals surface area contributed by atoms with Crippen molar-refractivity contribution < 1.29 is 24.5 Å². The number of esters is 1. The quantitative estimate of drug-likeness (QED) is 0.0245. The molecule has 0 aliphatic heterocycles. The molecule has 3 N–H and O–H groups in total. The summed E-state index contributed by atoms with van der Waals surface area (Å²) < 4.78 is 5.85. The van der Waals surface area contributed by atoms with Crippen molar-refractivity contribution in [2.45, 2.75) is 212 Å². The Hall–Kier alpha value is -4.26. The zero-order valence-corrected chi connectivity index (χ0v) is 42.0. The van der Waals surface area contributed by atoms with E-state index in [-0.39, 0.29) is 31.3 Å². The van der Waals surface area contributed by atoms with Gasteiger partial charge < -0.3 is 20.3 Å². The third kappa shape index (κ3) is 46.3. The number of ether oxygens (including phenoxy) is 1. The third-order valence-corrected chi connectivity index (χ3v) is 10.8. The highest BCUT2D eigenvalue weighted by molar-refractivity contribution is 5.77. The molecule has 370 valence electrons. The molecule has 66 heavy (non-hydrogen) atoms. The summed E-state index contributed by atoms with van der Waals surface area (Å²) in [4.78, 5) is 26.1. The van der Waals surface area contributed by atoms with Crippen molar-refractivity contribution in [3.8, 4) is 0 Å². The predicted molar refractivity (Wildman–Crippen MR) is 286 cm³/mol. The smallest absolute Gasteiger partial charge is 0.306 e. The number of rotatable bonds is 44. The van der Waals surface area contributed by atoms with Crippen molar-refractivity contribution >= 4 is 11.9 Å². The molecule has 0 aromatic heterocycles. The van der Waals surface area contributed by atoms with Gasteiger partial charge in [-0.25, -0.2) is 0 Å². The third-order valence-electron chi connectivity index (χ3n) is 10.8. The zero-order valence-electron chi connectivity index (χ0n) is 42.0. The number of aliphatic hydroxyl groups is 2. The monoisotopic (exact) mass is 910 g/mol. The SMILES string of the molecule is CC\C=C/C=C/C=C/C=C\C=C\C=C\CCCC(CC(=O)NC(CO)C(O)CCCCCCCCCCCCCCC)OC(=O)CC/C=C\C/C=C\C/C=C\C/C=C\C/C=C\C/C=C\CC. The first-order chi connectivity index (χ1) is 32.5. The summed E-state index contributed by atoms with van der Waals surface area (Å²) in [6.07, 6.45) is 74.9. The van der Waals surface area contributed by atoms with Crippen LogP contribution in [0.5, 0.6) is 0 Å². The summed E-state index contributed by atoms with van der Waals surface area (Å²) in [7, 11) is 0. The summed E-state index contributed by atoms with van der Waals surface area (Å²) in [6, 6.07) is -0.752.